The molecule has 0 spiro atoms. The van der Waals surface area contributed by atoms with Crippen molar-refractivity contribution in [3.63, 3.8) is 0 Å². The van der Waals surface area contributed by atoms with Gasteiger partial charge >= 0.3 is 0 Å². The molecule has 8 amide bonds. The van der Waals surface area contributed by atoms with Gasteiger partial charge in [0.1, 0.15) is 32.7 Å². The predicted octanol–water partition coefficient (Wildman–Crippen LogP) is 17.6. The number of nitrogens with one attached hydrogen (secondary N) is 8. The summed E-state index contributed by atoms with van der Waals surface area (Å²) in [5, 5.41) is 23.3. The summed E-state index contributed by atoms with van der Waals surface area (Å²) in [5.74, 6) is -4.38. The van der Waals surface area contributed by atoms with Gasteiger partial charge in [-0.15, -0.1) is 0 Å². The zero-order valence-corrected chi connectivity index (χ0v) is 78.9. The number of ether oxygens (including phenoxy) is 4. The third-order valence-corrected chi connectivity index (χ3v) is 28.8. The number of carbonyl (C=O) groups excluding carboxylic acids is 8. The van der Waals surface area contributed by atoms with Crippen LogP contribution in [0, 0.1) is 12.7 Å². The fourth-order valence-corrected chi connectivity index (χ4v) is 19.2. The maximum atomic E-state index is 13.4. The Kier molecular flexibility index (Phi) is 33.2. The van der Waals surface area contributed by atoms with Crippen molar-refractivity contribution >= 4 is 225 Å². The number of anilines is 12. The summed E-state index contributed by atoms with van der Waals surface area (Å²) in [6.07, 6.45) is 0. The Labute approximate surface area is 810 Å². The highest BCUT2D eigenvalue weighted by Crippen LogP contribution is 2.35. The number of nitrogens with zero attached hydrogens (tertiary/aromatic N) is 4. The summed E-state index contributed by atoms with van der Waals surface area (Å²) in [6, 6.07) is 68.8. The lowest BCUT2D eigenvalue weighted by molar-refractivity contribution is 0.101. The van der Waals surface area contributed by atoms with Crippen LogP contribution >= 0.6 is 69.6 Å². The van der Waals surface area contributed by atoms with Crippen LogP contribution in [0.1, 0.15) is 88.4 Å². The number of halogens is 7. The molecule has 0 atom stereocenters. The predicted molar refractivity (Wildman–Crippen MR) is 524 cm³/mol. The number of hydrogen-bond donors (Lipinski definition) is 8. The van der Waals surface area contributed by atoms with Gasteiger partial charge in [0.15, 0.2) is 0 Å². The molecule has 12 aromatic rings. The summed E-state index contributed by atoms with van der Waals surface area (Å²) < 4.78 is 137. The second-order valence-electron chi connectivity index (χ2n) is 29.8. The second kappa shape index (κ2) is 45.0. The van der Waals surface area contributed by atoms with Crippen molar-refractivity contribution in [1.82, 2.24) is 0 Å². The number of benzene rings is 12. The van der Waals surface area contributed by atoms with Crippen LogP contribution in [-0.2, 0) is 59.0 Å². The molecule has 0 aromatic heterocycles. The van der Waals surface area contributed by atoms with Crippen LogP contribution in [0.5, 0.6) is 0 Å². The largest absolute Gasteiger partial charge is 0.359 e. The monoisotopic (exact) mass is 2040 g/mol. The molecule has 16 rings (SSSR count). The maximum absolute atomic E-state index is 13.4. The Morgan fingerprint density at radius 3 is 0.890 bits per heavy atom. The van der Waals surface area contributed by atoms with Gasteiger partial charge in [-0.3, -0.25) is 38.4 Å². The molecule has 32 nitrogen and oxygen atoms in total. The Morgan fingerprint density at radius 1 is 0.272 bits per heavy atom. The molecule has 704 valence electrons. The topological polar surface area (TPSA) is 419 Å². The van der Waals surface area contributed by atoms with Crippen molar-refractivity contribution in [1.29, 1.82) is 0 Å². The summed E-state index contributed by atoms with van der Waals surface area (Å²) in [4.78, 5) is 101. The van der Waals surface area contributed by atoms with Crippen LogP contribution in [-0.4, -0.2) is 157 Å². The molecule has 0 aliphatic carbocycles. The summed E-state index contributed by atoms with van der Waals surface area (Å²) in [5.41, 5.74) is 7.82. The number of aryl methyl sites for hydroxylation is 1. The van der Waals surface area contributed by atoms with E-state index in [2.05, 4.69) is 42.5 Å². The number of rotatable bonds is 20. The number of sulfonamides is 4. The summed E-state index contributed by atoms with van der Waals surface area (Å²) in [7, 11) is -13.9. The molecule has 8 N–H and O–H groups in total. The van der Waals surface area contributed by atoms with Crippen molar-refractivity contribution in [2.24, 2.45) is 0 Å². The molecule has 4 aliphatic rings. The van der Waals surface area contributed by atoms with E-state index in [1.807, 2.05) is 19.1 Å². The van der Waals surface area contributed by atoms with Crippen LogP contribution in [0.4, 0.5) is 72.6 Å². The first-order valence-electron chi connectivity index (χ1n) is 40.7. The first-order chi connectivity index (χ1) is 64.9. The quantitative estimate of drug-likeness (QED) is 0.0351. The number of amides is 8. The van der Waals surface area contributed by atoms with Gasteiger partial charge in [-0.1, -0.05) is 118 Å². The standard InChI is InChI=1S/C24H22ClN3O5S.C23H18Cl3N3O5S.C23H19ClFN3O5S.C23H20ClN3O5S/c1-16-3-2-4-18(13-16)24(30)27-22-14-19(7-10-21(22)25)26-23(29)17-5-8-20(9-6-17)28-15-33-11-12-34(28,31)32;24-15-3-1-2-14(10-15)22(30)28-21-11-16(4-7-19(21)25)27-23(31)18-6-5-17(12-20(18)26)29-13-34-8-9-35(29,32)33;24-20-9-6-18(13-21(20)27-23(30)16-2-1-3-17(25)12-16)26-22(29)15-4-7-19(8-5-15)28-14-33-10-11-34(28,31)32;24-20-11-8-18(14-21(20)26-23(29)16-4-2-1-3-5-16)25-22(28)17-6-9-19(10-7-17)27-15-32-12-13-33(27,30)31/h2-10,13-14H,11-12,15H2,1H3,(H,26,29)(H,27,30);1-7,10-12H,8-9,13H2,(H,27,31)(H,28,30);1-9,12-13H,10-11,14H2,(H,26,29)(H,27,30);1-11,14H,12-13,15H2,(H,25,28)(H,26,29). The van der Waals surface area contributed by atoms with Crippen LogP contribution in [0.2, 0.25) is 30.1 Å². The van der Waals surface area contributed by atoms with Crippen LogP contribution < -0.4 is 59.8 Å². The normalized spacial score (nSPS) is 14.9. The molecule has 0 radical (unpaired) electrons. The molecule has 0 unspecified atom stereocenters. The molecule has 0 saturated carbocycles. The first kappa shape index (κ1) is 100. The average molecular weight is 2040 g/mol. The Balaban J connectivity index is 0.000000153. The van der Waals surface area contributed by atoms with Gasteiger partial charge in [-0.25, -0.2) is 55.3 Å². The highest BCUT2D eigenvalue weighted by atomic mass is 35.5. The number of carbonyl (C=O) groups is 8. The van der Waals surface area contributed by atoms with Gasteiger partial charge in [0.25, 0.3) is 47.3 Å². The smallest absolute Gasteiger partial charge is 0.257 e. The lowest BCUT2D eigenvalue weighted by Gasteiger charge is -2.28. The minimum absolute atomic E-state index is 0.0594. The van der Waals surface area contributed by atoms with Gasteiger partial charge in [0, 0.05) is 66.7 Å². The molecule has 136 heavy (non-hydrogen) atoms. The Bertz CT molecular complexity index is 6850. The molecule has 12 aromatic carbocycles. The molecule has 4 heterocycles. The van der Waals surface area contributed by atoms with Crippen molar-refractivity contribution in [2.45, 2.75) is 6.92 Å². The Morgan fingerprint density at radius 2 is 0.559 bits per heavy atom. The molecular formula is C93H79Cl6FN12O20S4. The van der Waals surface area contributed by atoms with Crippen LogP contribution in [0.3, 0.4) is 0 Å². The number of hydrogen-bond acceptors (Lipinski definition) is 20. The fraction of sp³-hybridized carbons (Fsp3) is 0.140. The van der Waals surface area contributed by atoms with Crippen molar-refractivity contribution < 1.29 is 95.4 Å². The highest BCUT2D eigenvalue weighted by molar-refractivity contribution is 7.93. The van der Waals surface area contributed by atoms with Gasteiger partial charge in [-0.2, -0.15) is 0 Å². The van der Waals surface area contributed by atoms with E-state index in [1.165, 1.54) is 124 Å². The van der Waals surface area contributed by atoms with Crippen LogP contribution in [0.15, 0.2) is 267 Å². The zero-order valence-electron chi connectivity index (χ0n) is 71.1. The molecule has 0 bridgehead atoms. The summed E-state index contributed by atoms with van der Waals surface area (Å²) in [6.45, 7) is 2.15. The average Bonchev–Trinajstić information content (AvgIpc) is 0.798. The minimum Gasteiger partial charge on any atom is -0.359 e. The van der Waals surface area contributed by atoms with E-state index in [-0.39, 0.29) is 126 Å². The van der Waals surface area contributed by atoms with E-state index < -0.39 is 81.4 Å². The van der Waals surface area contributed by atoms with E-state index in [4.69, 9.17) is 88.6 Å². The molecule has 4 saturated heterocycles. The summed E-state index contributed by atoms with van der Waals surface area (Å²) >= 11 is 37.1. The van der Waals surface area contributed by atoms with Gasteiger partial charge < -0.3 is 61.5 Å². The highest BCUT2D eigenvalue weighted by Gasteiger charge is 2.32. The molecule has 4 aliphatic heterocycles. The van der Waals surface area contributed by atoms with E-state index in [0.29, 0.717) is 105 Å². The van der Waals surface area contributed by atoms with Gasteiger partial charge in [0.05, 0.1) is 126 Å². The lowest BCUT2D eigenvalue weighted by atomic mass is 10.1. The third-order valence-electron chi connectivity index (χ3n) is 20.2. The SMILES string of the molecule is Cc1cccc(C(=O)Nc2cc(NC(=O)c3ccc(N4COCCS4(=O)=O)cc3)ccc2Cl)c1.O=C(Nc1cc(NC(=O)c2ccc(N3COCCS3(=O)=O)cc2Cl)ccc1Cl)c1cccc(Cl)c1.O=C(Nc1ccc(Cl)c(NC(=O)c2cccc(F)c2)c1)c1ccc(N2COCCS2(=O)=O)cc1.O=C(Nc1ccc(Cl)c(NC(=O)c2ccccc2)c1)c1ccc(N2COCCS2(=O)=O)cc1. The van der Waals surface area contributed by atoms with E-state index in [1.54, 1.807) is 133 Å². The second-order valence-corrected chi connectivity index (χ2v) is 40.3. The fourth-order valence-electron chi connectivity index (χ4n) is 13.1. The van der Waals surface area contributed by atoms with E-state index in [9.17, 15) is 76.4 Å². The Hall–Kier alpha value is -13.1. The minimum atomic E-state index is -3.52. The molecule has 43 heteroatoms. The molecular weight excluding hydrogens is 1970 g/mol. The lowest BCUT2D eigenvalue weighted by Crippen LogP contribution is -2.41. The zero-order chi connectivity index (χ0) is 97.2. The third kappa shape index (κ3) is 26.5. The van der Waals surface area contributed by atoms with Crippen molar-refractivity contribution in [3.8, 4) is 0 Å². The van der Waals surface area contributed by atoms with E-state index >= 15 is 0 Å². The molecule has 4 fully saturated rings. The maximum Gasteiger partial charge on any atom is 0.257 e. The first-order valence-corrected chi connectivity index (χ1v) is 49.4. The van der Waals surface area contributed by atoms with Crippen LogP contribution in [0.25, 0.3) is 0 Å². The van der Waals surface area contributed by atoms with Gasteiger partial charge in [0.2, 0.25) is 40.1 Å². The van der Waals surface area contributed by atoms with Crippen molar-refractivity contribution in [2.75, 3.05) is 136 Å². The van der Waals surface area contributed by atoms with Gasteiger partial charge in [-0.05, 0) is 231 Å². The van der Waals surface area contributed by atoms with Crippen molar-refractivity contribution in [3.05, 3.63) is 353 Å². The van der Waals surface area contributed by atoms with E-state index in [0.717, 1.165) is 20.2 Å².